The molecule has 0 radical (unpaired) electrons. The van der Waals surface area contributed by atoms with Gasteiger partial charge in [0.15, 0.2) is 0 Å². The lowest BCUT2D eigenvalue weighted by atomic mass is 9.97. The summed E-state index contributed by atoms with van der Waals surface area (Å²) in [4.78, 5) is 0. The lowest BCUT2D eigenvalue weighted by molar-refractivity contribution is 1.29. The number of nitrogens with zero attached hydrogens (tertiary/aromatic N) is 1. The Morgan fingerprint density at radius 2 is 1.16 bits per heavy atom. The van der Waals surface area contributed by atoms with Crippen LogP contribution in [-0.4, -0.2) is 0 Å². The maximum Gasteiger partial charge on any atom is 0.0669 e. The minimum atomic E-state index is 0.469. The van der Waals surface area contributed by atoms with Crippen molar-refractivity contribution in [2.75, 3.05) is 0 Å². The van der Waals surface area contributed by atoms with Crippen molar-refractivity contribution in [3.8, 4) is 28.3 Å². The Labute approximate surface area is 152 Å². The standard InChI is InChI=1S/C18H11N.3C2H6/c19-11-10-12-8-9-17-15-5-2-1-4-14(15)16-7-3-6-13(12)18(16)17;3*1-2/h1-9H,10H2;3*1-2H3. The largest absolute Gasteiger partial charge is 0.198 e. The molecule has 1 nitrogen and oxygen atoms in total. The van der Waals surface area contributed by atoms with E-state index in [1.165, 1.54) is 33.0 Å². The van der Waals surface area contributed by atoms with Crippen molar-refractivity contribution in [1.29, 1.82) is 5.26 Å². The predicted molar refractivity (Wildman–Crippen MR) is 112 cm³/mol. The first kappa shape index (κ1) is 20.5. The van der Waals surface area contributed by atoms with Gasteiger partial charge in [-0.05, 0) is 38.6 Å². The van der Waals surface area contributed by atoms with E-state index in [4.69, 9.17) is 5.26 Å². The average Bonchev–Trinajstić information content (AvgIpc) is 3.05. The normalized spacial score (nSPS) is 9.32. The molecule has 1 heteroatoms. The van der Waals surface area contributed by atoms with Gasteiger partial charge in [0.2, 0.25) is 0 Å². The predicted octanol–water partition coefficient (Wildman–Crippen LogP) is 7.63. The van der Waals surface area contributed by atoms with Gasteiger partial charge < -0.3 is 0 Å². The number of benzene rings is 3. The molecule has 0 N–H and O–H groups in total. The zero-order valence-electron chi connectivity index (χ0n) is 16.4. The Bertz CT molecular complexity index is 824. The SMILES string of the molecule is CC.CC.CC.N#CCc1ccc2c3c(cccc13)-c1ccccc1-2. The fourth-order valence-corrected chi connectivity index (χ4v) is 3.11. The van der Waals surface area contributed by atoms with E-state index in [0.717, 1.165) is 5.56 Å². The summed E-state index contributed by atoms with van der Waals surface area (Å²) in [6.45, 7) is 12.0. The topological polar surface area (TPSA) is 23.8 Å². The van der Waals surface area contributed by atoms with Gasteiger partial charge in [-0.25, -0.2) is 0 Å². The highest BCUT2D eigenvalue weighted by Gasteiger charge is 2.21. The van der Waals surface area contributed by atoms with E-state index in [9.17, 15) is 0 Å². The van der Waals surface area contributed by atoms with Gasteiger partial charge in [-0.2, -0.15) is 5.26 Å². The summed E-state index contributed by atoms with van der Waals surface area (Å²) in [5, 5.41) is 11.5. The number of rotatable bonds is 1. The van der Waals surface area contributed by atoms with Crippen LogP contribution in [0.1, 0.15) is 47.1 Å². The molecule has 0 heterocycles. The number of hydrogen-bond donors (Lipinski definition) is 0. The number of fused-ring (bicyclic) bond motifs is 3. The van der Waals surface area contributed by atoms with Crippen molar-refractivity contribution in [2.45, 2.75) is 48.0 Å². The van der Waals surface area contributed by atoms with Gasteiger partial charge in [0.05, 0.1) is 12.5 Å². The molecule has 3 aromatic rings. The number of nitriles is 1. The van der Waals surface area contributed by atoms with Crippen molar-refractivity contribution in [3.05, 3.63) is 60.2 Å². The molecule has 0 spiro atoms. The minimum Gasteiger partial charge on any atom is -0.198 e. The quantitative estimate of drug-likeness (QED) is 0.351. The van der Waals surface area contributed by atoms with E-state index in [2.05, 4.69) is 60.7 Å². The molecular weight excluding hydrogens is 302 g/mol. The van der Waals surface area contributed by atoms with Crippen LogP contribution < -0.4 is 0 Å². The summed E-state index contributed by atoms with van der Waals surface area (Å²) >= 11 is 0. The first-order chi connectivity index (χ1) is 12.4. The Morgan fingerprint density at radius 3 is 1.72 bits per heavy atom. The molecule has 0 unspecified atom stereocenters. The molecule has 0 fully saturated rings. The monoisotopic (exact) mass is 331 g/mol. The summed E-state index contributed by atoms with van der Waals surface area (Å²) in [5.74, 6) is 0. The third kappa shape index (κ3) is 3.74. The first-order valence-corrected chi connectivity index (χ1v) is 9.41. The van der Waals surface area contributed by atoms with Crippen LogP contribution in [0.2, 0.25) is 0 Å². The third-order valence-corrected chi connectivity index (χ3v) is 3.91. The van der Waals surface area contributed by atoms with Crippen LogP contribution in [-0.2, 0) is 6.42 Å². The van der Waals surface area contributed by atoms with Crippen LogP contribution in [0.5, 0.6) is 0 Å². The molecule has 130 valence electrons. The first-order valence-electron chi connectivity index (χ1n) is 9.41. The lowest BCUT2D eigenvalue weighted by Gasteiger charge is -2.06. The van der Waals surface area contributed by atoms with Gasteiger partial charge in [0, 0.05) is 0 Å². The Balaban J connectivity index is 0.000000475. The summed E-state index contributed by atoms with van der Waals surface area (Å²) in [5.41, 5.74) is 6.32. The molecule has 1 aliphatic carbocycles. The van der Waals surface area contributed by atoms with E-state index in [-0.39, 0.29) is 0 Å². The lowest BCUT2D eigenvalue weighted by Crippen LogP contribution is -1.85. The Kier molecular flexibility index (Phi) is 8.44. The van der Waals surface area contributed by atoms with Crippen LogP contribution >= 0.6 is 0 Å². The van der Waals surface area contributed by atoms with Crippen LogP contribution in [0, 0.1) is 11.3 Å². The summed E-state index contributed by atoms with van der Waals surface area (Å²) in [7, 11) is 0. The van der Waals surface area contributed by atoms with Crippen LogP contribution in [0.3, 0.4) is 0 Å². The molecule has 0 bridgehead atoms. The van der Waals surface area contributed by atoms with Crippen molar-refractivity contribution in [1.82, 2.24) is 0 Å². The van der Waals surface area contributed by atoms with Gasteiger partial charge in [-0.15, -0.1) is 0 Å². The van der Waals surface area contributed by atoms with Crippen LogP contribution in [0.25, 0.3) is 33.0 Å². The van der Waals surface area contributed by atoms with Crippen molar-refractivity contribution in [2.24, 2.45) is 0 Å². The molecule has 1 aliphatic rings. The highest BCUT2D eigenvalue weighted by molar-refractivity contribution is 6.15. The maximum absolute atomic E-state index is 8.96. The molecule has 3 aromatic carbocycles. The molecule has 0 saturated heterocycles. The second kappa shape index (κ2) is 10.3. The van der Waals surface area contributed by atoms with Crippen molar-refractivity contribution in [3.63, 3.8) is 0 Å². The fourth-order valence-electron chi connectivity index (χ4n) is 3.11. The van der Waals surface area contributed by atoms with Crippen molar-refractivity contribution < 1.29 is 0 Å². The highest BCUT2D eigenvalue weighted by atomic mass is 14.3. The van der Waals surface area contributed by atoms with Crippen LogP contribution in [0.4, 0.5) is 0 Å². The molecule has 25 heavy (non-hydrogen) atoms. The van der Waals surface area contributed by atoms with Gasteiger partial charge >= 0.3 is 0 Å². The highest BCUT2D eigenvalue weighted by Crippen LogP contribution is 2.47. The molecule has 0 atom stereocenters. The molecule has 0 saturated carbocycles. The van der Waals surface area contributed by atoms with E-state index >= 15 is 0 Å². The zero-order chi connectivity index (χ0) is 18.8. The van der Waals surface area contributed by atoms with Gasteiger partial charge in [0.1, 0.15) is 0 Å². The molecule has 0 aliphatic heterocycles. The Morgan fingerprint density at radius 1 is 0.640 bits per heavy atom. The second-order valence-corrected chi connectivity index (χ2v) is 4.88. The van der Waals surface area contributed by atoms with Crippen molar-refractivity contribution >= 4 is 10.8 Å². The molecule has 0 aromatic heterocycles. The van der Waals surface area contributed by atoms with E-state index in [1.807, 2.05) is 41.5 Å². The summed E-state index contributed by atoms with van der Waals surface area (Å²) in [6.07, 6.45) is 0.469. The van der Waals surface area contributed by atoms with Gasteiger partial charge in [-0.1, -0.05) is 96.1 Å². The zero-order valence-corrected chi connectivity index (χ0v) is 16.4. The Hall–Kier alpha value is -2.59. The molecule has 4 rings (SSSR count). The average molecular weight is 332 g/mol. The third-order valence-electron chi connectivity index (χ3n) is 3.91. The van der Waals surface area contributed by atoms with E-state index in [0.29, 0.717) is 6.42 Å². The number of hydrogen-bond acceptors (Lipinski definition) is 1. The second-order valence-electron chi connectivity index (χ2n) is 4.88. The smallest absolute Gasteiger partial charge is 0.0669 e. The summed E-state index contributed by atoms with van der Waals surface area (Å²) in [6, 6.07) is 21.4. The fraction of sp³-hybridized carbons (Fsp3) is 0.292. The minimum absolute atomic E-state index is 0.469. The van der Waals surface area contributed by atoms with Gasteiger partial charge in [0.25, 0.3) is 0 Å². The molecular formula is C24H29N. The van der Waals surface area contributed by atoms with E-state index in [1.54, 1.807) is 0 Å². The summed E-state index contributed by atoms with van der Waals surface area (Å²) < 4.78 is 0. The van der Waals surface area contributed by atoms with Gasteiger partial charge in [-0.3, -0.25) is 0 Å². The van der Waals surface area contributed by atoms with E-state index < -0.39 is 0 Å². The molecule has 0 amide bonds. The van der Waals surface area contributed by atoms with Crippen LogP contribution in [0.15, 0.2) is 54.6 Å². The maximum atomic E-state index is 8.96.